The number of hydrogen-bond acceptors (Lipinski definition) is 4. The van der Waals surface area contributed by atoms with Crippen molar-refractivity contribution in [1.29, 1.82) is 0 Å². The van der Waals surface area contributed by atoms with Gasteiger partial charge in [0.15, 0.2) is 0 Å². The fraction of sp³-hybridized carbons (Fsp3) is 0.154. The molecule has 3 aromatic rings. The van der Waals surface area contributed by atoms with E-state index in [4.69, 9.17) is 0 Å². The Morgan fingerprint density at radius 1 is 1.37 bits per heavy atom. The summed E-state index contributed by atoms with van der Waals surface area (Å²) in [5.74, 6) is 0.248. The summed E-state index contributed by atoms with van der Waals surface area (Å²) in [4.78, 5) is 16.9. The Bertz CT molecular complexity index is 717. The second kappa shape index (κ2) is 4.81. The van der Waals surface area contributed by atoms with Gasteiger partial charge in [0.05, 0.1) is 12.1 Å². The number of amides is 1. The zero-order valence-electron chi connectivity index (χ0n) is 10.3. The predicted octanol–water partition coefficient (Wildman–Crippen LogP) is 2.28. The van der Waals surface area contributed by atoms with E-state index >= 15 is 0 Å². The summed E-state index contributed by atoms with van der Waals surface area (Å²) >= 11 is 1.50. The maximum absolute atomic E-state index is 11.9. The van der Waals surface area contributed by atoms with E-state index in [2.05, 4.69) is 15.4 Å². The molecular formula is C13H12N4OS. The van der Waals surface area contributed by atoms with Gasteiger partial charge in [0.2, 0.25) is 16.8 Å². The third-order valence-corrected chi connectivity index (χ3v) is 3.64. The van der Waals surface area contributed by atoms with Gasteiger partial charge < -0.3 is 0 Å². The minimum atomic E-state index is -0.109. The van der Waals surface area contributed by atoms with Crippen molar-refractivity contribution in [3.05, 3.63) is 47.0 Å². The zero-order valence-corrected chi connectivity index (χ0v) is 11.1. The van der Waals surface area contributed by atoms with Crippen LogP contribution in [0, 0.1) is 6.92 Å². The molecule has 6 heteroatoms. The molecule has 1 amide bonds. The van der Waals surface area contributed by atoms with Gasteiger partial charge in [-0.25, -0.2) is 4.52 Å². The first-order valence-electron chi connectivity index (χ1n) is 5.87. The van der Waals surface area contributed by atoms with Gasteiger partial charge in [-0.05, 0) is 12.5 Å². The first-order valence-corrected chi connectivity index (χ1v) is 6.75. The van der Waals surface area contributed by atoms with Gasteiger partial charge in [-0.2, -0.15) is 4.98 Å². The largest absolute Gasteiger partial charge is 0.293 e. The van der Waals surface area contributed by atoms with E-state index in [-0.39, 0.29) is 5.91 Å². The quantitative estimate of drug-likeness (QED) is 0.795. The van der Waals surface area contributed by atoms with E-state index in [0.29, 0.717) is 12.4 Å². The van der Waals surface area contributed by atoms with Gasteiger partial charge in [0.1, 0.15) is 0 Å². The van der Waals surface area contributed by atoms with E-state index < -0.39 is 0 Å². The number of aromatic nitrogens is 3. The van der Waals surface area contributed by atoms with Crippen molar-refractivity contribution in [2.24, 2.45) is 0 Å². The molecule has 19 heavy (non-hydrogen) atoms. The molecule has 0 saturated carbocycles. The number of carbonyl (C=O) groups excluding carboxylic acids is 1. The Hall–Kier alpha value is -2.21. The van der Waals surface area contributed by atoms with Crippen molar-refractivity contribution < 1.29 is 4.79 Å². The molecule has 0 saturated heterocycles. The van der Waals surface area contributed by atoms with Gasteiger partial charge in [-0.1, -0.05) is 30.3 Å². The number of rotatable bonds is 3. The van der Waals surface area contributed by atoms with E-state index in [9.17, 15) is 4.79 Å². The van der Waals surface area contributed by atoms with Crippen molar-refractivity contribution in [1.82, 2.24) is 14.6 Å². The topological polar surface area (TPSA) is 59.3 Å². The molecule has 2 aromatic heterocycles. The Morgan fingerprint density at radius 3 is 2.89 bits per heavy atom. The van der Waals surface area contributed by atoms with Crippen LogP contribution in [0.1, 0.15) is 11.3 Å². The molecule has 0 fully saturated rings. The van der Waals surface area contributed by atoms with E-state index in [1.54, 1.807) is 4.52 Å². The molecule has 0 bridgehead atoms. The Kier molecular flexibility index (Phi) is 3.00. The predicted molar refractivity (Wildman–Crippen MR) is 74.4 cm³/mol. The van der Waals surface area contributed by atoms with Crippen LogP contribution in [0.3, 0.4) is 0 Å². The van der Waals surface area contributed by atoms with Crippen molar-refractivity contribution in [3.8, 4) is 0 Å². The number of hydrogen-bond donors (Lipinski definition) is 1. The van der Waals surface area contributed by atoms with E-state index in [1.165, 1.54) is 11.3 Å². The van der Waals surface area contributed by atoms with Gasteiger partial charge >= 0.3 is 0 Å². The molecular weight excluding hydrogens is 260 g/mol. The number of fused-ring (bicyclic) bond motifs is 1. The van der Waals surface area contributed by atoms with Crippen LogP contribution in [0.4, 0.5) is 5.95 Å². The second-order valence-corrected chi connectivity index (χ2v) is 5.05. The van der Waals surface area contributed by atoms with Gasteiger partial charge in [-0.15, -0.1) is 16.4 Å². The highest BCUT2D eigenvalue weighted by molar-refractivity contribution is 7.15. The van der Waals surface area contributed by atoms with Crippen LogP contribution in [0.5, 0.6) is 0 Å². The van der Waals surface area contributed by atoms with Crippen LogP contribution in [0.25, 0.3) is 4.96 Å². The molecule has 0 unspecified atom stereocenters. The molecule has 0 aliphatic heterocycles. The van der Waals surface area contributed by atoms with Crippen LogP contribution < -0.4 is 5.32 Å². The molecule has 0 spiro atoms. The molecule has 96 valence electrons. The monoisotopic (exact) mass is 272 g/mol. The Balaban J connectivity index is 1.72. The summed E-state index contributed by atoms with van der Waals surface area (Å²) in [6, 6.07) is 9.59. The number of thiazole rings is 1. The van der Waals surface area contributed by atoms with Crippen LogP contribution in [0.15, 0.2) is 35.7 Å². The van der Waals surface area contributed by atoms with Crippen LogP contribution >= 0.6 is 11.3 Å². The first-order chi connectivity index (χ1) is 9.22. The molecule has 0 radical (unpaired) electrons. The summed E-state index contributed by atoms with van der Waals surface area (Å²) < 4.78 is 1.72. The van der Waals surface area contributed by atoms with Crippen LogP contribution in [-0.2, 0) is 11.2 Å². The number of anilines is 1. The van der Waals surface area contributed by atoms with Gasteiger partial charge in [0, 0.05) is 5.38 Å². The lowest BCUT2D eigenvalue weighted by Crippen LogP contribution is -2.15. The van der Waals surface area contributed by atoms with Crippen molar-refractivity contribution >= 4 is 28.2 Å². The average molecular weight is 272 g/mol. The normalized spacial score (nSPS) is 10.8. The highest BCUT2D eigenvalue weighted by Gasteiger charge is 2.10. The lowest BCUT2D eigenvalue weighted by molar-refractivity contribution is -0.115. The van der Waals surface area contributed by atoms with Crippen molar-refractivity contribution in [3.63, 3.8) is 0 Å². The Morgan fingerprint density at radius 2 is 2.16 bits per heavy atom. The van der Waals surface area contributed by atoms with Gasteiger partial charge in [-0.3, -0.25) is 10.1 Å². The van der Waals surface area contributed by atoms with E-state index in [0.717, 1.165) is 16.2 Å². The van der Waals surface area contributed by atoms with Crippen molar-refractivity contribution in [2.75, 3.05) is 5.32 Å². The minimum Gasteiger partial charge on any atom is -0.293 e. The summed E-state index contributed by atoms with van der Waals surface area (Å²) in [5.41, 5.74) is 1.98. The molecule has 0 aliphatic carbocycles. The molecule has 0 aliphatic rings. The molecule has 5 nitrogen and oxygen atoms in total. The fourth-order valence-electron chi connectivity index (χ4n) is 1.79. The van der Waals surface area contributed by atoms with Crippen LogP contribution in [0.2, 0.25) is 0 Å². The molecule has 1 aromatic carbocycles. The highest BCUT2D eigenvalue weighted by atomic mass is 32.1. The maximum Gasteiger partial charge on any atom is 0.250 e. The number of nitrogens with zero attached hydrogens (tertiary/aromatic N) is 3. The zero-order chi connectivity index (χ0) is 13.2. The fourth-order valence-corrected chi connectivity index (χ4v) is 2.59. The number of aryl methyl sites for hydroxylation is 1. The standard InChI is InChI=1S/C13H12N4OS/c1-9-8-19-13-15-12(16-17(9)13)14-11(18)7-10-5-3-2-4-6-10/h2-6,8H,7H2,1H3,(H,14,16,18). The highest BCUT2D eigenvalue weighted by Crippen LogP contribution is 2.15. The number of nitrogens with one attached hydrogen (secondary N) is 1. The molecule has 3 rings (SSSR count). The van der Waals surface area contributed by atoms with Crippen molar-refractivity contribution in [2.45, 2.75) is 13.3 Å². The molecule has 2 heterocycles. The van der Waals surface area contributed by atoms with Gasteiger partial charge in [0.25, 0.3) is 0 Å². The molecule has 0 atom stereocenters. The maximum atomic E-state index is 11.9. The van der Waals surface area contributed by atoms with Crippen LogP contribution in [-0.4, -0.2) is 20.5 Å². The third kappa shape index (κ3) is 2.48. The lowest BCUT2D eigenvalue weighted by Gasteiger charge is -2.00. The Labute approximate surface area is 113 Å². The minimum absolute atomic E-state index is 0.109. The lowest BCUT2D eigenvalue weighted by atomic mass is 10.1. The third-order valence-electron chi connectivity index (χ3n) is 2.71. The summed E-state index contributed by atoms with van der Waals surface area (Å²) in [6.45, 7) is 1.95. The second-order valence-electron chi connectivity index (χ2n) is 4.22. The number of carbonyl (C=O) groups is 1. The smallest absolute Gasteiger partial charge is 0.250 e. The first kappa shape index (κ1) is 11.9. The van der Waals surface area contributed by atoms with E-state index in [1.807, 2.05) is 42.6 Å². The summed E-state index contributed by atoms with van der Waals surface area (Å²) in [5, 5.41) is 8.93. The number of benzene rings is 1. The SMILES string of the molecule is Cc1csc2nc(NC(=O)Cc3ccccc3)nn12. The average Bonchev–Trinajstić information content (AvgIpc) is 2.93. The molecule has 1 N–H and O–H groups in total. The summed E-state index contributed by atoms with van der Waals surface area (Å²) in [7, 11) is 0. The summed E-state index contributed by atoms with van der Waals surface area (Å²) in [6.07, 6.45) is 0.326.